The molecule has 0 bridgehead atoms. The van der Waals surface area contributed by atoms with Crippen LogP contribution >= 0.6 is 0 Å². The second-order valence-corrected chi connectivity index (χ2v) is 10.8. The number of nitrogens with zero attached hydrogens (tertiary/aromatic N) is 7. The van der Waals surface area contributed by atoms with E-state index in [2.05, 4.69) is 57.1 Å². The van der Waals surface area contributed by atoms with Crippen LogP contribution in [0.5, 0.6) is 0 Å². The smallest absolute Gasteiger partial charge is 0.269 e. The number of H-pyrrole nitrogens is 1. The maximum Gasteiger partial charge on any atom is 0.269 e. The Kier molecular flexibility index (Phi) is 6.94. The normalized spacial score (nSPS) is 15.6. The molecule has 1 aliphatic rings. The van der Waals surface area contributed by atoms with Gasteiger partial charge in [0.05, 0.1) is 16.0 Å². The molecule has 5 rings (SSSR count). The maximum absolute atomic E-state index is 13.7. The van der Waals surface area contributed by atoms with Crippen LogP contribution in [-0.4, -0.2) is 61.2 Å². The van der Waals surface area contributed by atoms with Crippen LogP contribution in [0, 0.1) is 24.0 Å². The molecule has 1 fully saturated rings. The van der Waals surface area contributed by atoms with E-state index in [9.17, 15) is 14.9 Å². The van der Waals surface area contributed by atoms with Gasteiger partial charge >= 0.3 is 0 Å². The molecule has 1 saturated heterocycles. The highest BCUT2D eigenvalue weighted by molar-refractivity contribution is 5.83. The Balaban J connectivity index is 1.54. The van der Waals surface area contributed by atoms with E-state index in [0.717, 1.165) is 34.1 Å². The van der Waals surface area contributed by atoms with Crippen LogP contribution in [0.2, 0.25) is 0 Å². The summed E-state index contributed by atoms with van der Waals surface area (Å²) in [5, 5.41) is 24.9. The van der Waals surface area contributed by atoms with E-state index in [4.69, 9.17) is 0 Å². The number of pyridine rings is 1. The van der Waals surface area contributed by atoms with Gasteiger partial charge in [-0.05, 0) is 79.3 Å². The van der Waals surface area contributed by atoms with E-state index in [1.807, 2.05) is 30.7 Å². The highest BCUT2D eigenvalue weighted by Crippen LogP contribution is 2.32. The number of benzene rings is 2. The molecule has 0 spiro atoms. The quantitative estimate of drug-likeness (QED) is 0.280. The van der Waals surface area contributed by atoms with Gasteiger partial charge in [0.2, 0.25) is 0 Å². The third-order valence-electron chi connectivity index (χ3n) is 8.16. The lowest BCUT2D eigenvalue weighted by Crippen LogP contribution is -2.49. The Bertz CT molecular complexity index is 1570. The minimum absolute atomic E-state index is 0.0729. The van der Waals surface area contributed by atoms with Crippen LogP contribution in [0.15, 0.2) is 47.3 Å². The van der Waals surface area contributed by atoms with Crippen LogP contribution in [0.25, 0.3) is 10.9 Å². The average molecular weight is 531 g/mol. The first-order valence-corrected chi connectivity index (χ1v) is 13.3. The molecular weight excluding hydrogens is 496 g/mol. The zero-order valence-electron chi connectivity index (χ0n) is 23.0. The van der Waals surface area contributed by atoms with Crippen LogP contribution < -0.4 is 10.5 Å². The molecule has 4 aromatic rings. The fourth-order valence-corrected chi connectivity index (χ4v) is 5.21. The summed E-state index contributed by atoms with van der Waals surface area (Å²) in [7, 11) is 0. The van der Waals surface area contributed by atoms with Gasteiger partial charge < -0.3 is 9.88 Å². The molecule has 0 amide bonds. The van der Waals surface area contributed by atoms with Crippen molar-refractivity contribution in [3.63, 3.8) is 0 Å². The van der Waals surface area contributed by atoms with Crippen LogP contribution in [0.3, 0.4) is 0 Å². The molecule has 1 aliphatic heterocycles. The maximum atomic E-state index is 13.7. The summed E-state index contributed by atoms with van der Waals surface area (Å²) in [6.07, 6.45) is 0.818. The van der Waals surface area contributed by atoms with Gasteiger partial charge in [-0.15, -0.1) is 5.10 Å². The fraction of sp³-hybridized carbons (Fsp3) is 0.429. The van der Waals surface area contributed by atoms with Crippen molar-refractivity contribution in [1.29, 1.82) is 0 Å². The van der Waals surface area contributed by atoms with E-state index < -0.39 is 11.0 Å². The molecule has 1 atom stereocenters. The summed E-state index contributed by atoms with van der Waals surface area (Å²) in [5.74, 6) is 0.638. The molecule has 0 saturated carbocycles. The number of tetrazole rings is 1. The molecule has 1 N–H and O–H groups in total. The largest absolute Gasteiger partial charge is 0.369 e. The fourth-order valence-electron chi connectivity index (χ4n) is 5.21. The summed E-state index contributed by atoms with van der Waals surface area (Å²) in [6, 6.07) is 12.3. The highest BCUT2D eigenvalue weighted by atomic mass is 16.6. The predicted molar refractivity (Wildman–Crippen MR) is 150 cm³/mol. The van der Waals surface area contributed by atoms with Gasteiger partial charge in [0.15, 0.2) is 5.82 Å². The van der Waals surface area contributed by atoms with Crippen molar-refractivity contribution in [2.24, 2.45) is 0 Å². The zero-order chi connectivity index (χ0) is 27.9. The molecule has 2 aromatic heterocycles. The SMILES string of the molecule is CCC(C)(C)n1nnnc1[C@@H](c1cc2ccc(C)c(C)c2[nH]c1=O)N1CCN(c2ccc([N+](=O)[O-])cc2)CC1. The Hall–Kier alpha value is -4.12. The van der Waals surface area contributed by atoms with Crippen molar-refractivity contribution < 1.29 is 4.92 Å². The van der Waals surface area contributed by atoms with Gasteiger partial charge in [-0.3, -0.25) is 19.8 Å². The van der Waals surface area contributed by atoms with E-state index in [1.165, 1.54) is 12.1 Å². The Morgan fingerprint density at radius 2 is 1.77 bits per heavy atom. The summed E-state index contributed by atoms with van der Waals surface area (Å²) in [5.41, 5.74) is 4.15. The molecule has 204 valence electrons. The van der Waals surface area contributed by atoms with Crippen molar-refractivity contribution in [3.8, 4) is 0 Å². The van der Waals surface area contributed by atoms with Gasteiger partial charge in [-0.25, -0.2) is 4.68 Å². The number of fused-ring (bicyclic) bond motifs is 1. The van der Waals surface area contributed by atoms with Crippen molar-refractivity contribution in [1.82, 2.24) is 30.1 Å². The average Bonchev–Trinajstić information content (AvgIpc) is 3.43. The highest BCUT2D eigenvalue weighted by Gasteiger charge is 2.35. The number of nitrogens with one attached hydrogen (secondary N) is 1. The number of aromatic amines is 1. The number of nitro groups is 1. The van der Waals surface area contributed by atoms with Crippen LogP contribution in [0.1, 0.15) is 55.7 Å². The van der Waals surface area contributed by atoms with Gasteiger partial charge in [0, 0.05) is 49.6 Å². The molecule has 2 aromatic carbocycles. The number of piperazine rings is 1. The summed E-state index contributed by atoms with van der Waals surface area (Å²) < 4.78 is 1.85. The van der Waals surface area contributed by atoms with Crippen molar-refractivity contribution in [2.45, 2.75) is 52.6 Å². The first-order valence-electron chi connectivity index (χ1n) is 13.3. The lowest BCUT2D eigenvalue weighted by Gasteiger charge is -2.40. The number of aromatic nitrogens is 5. The molecular formula is C28H34N8O3. The molecule has 11 heteroatoms. The summed E-state index contributed by atoms with van der Waals surface area (Å²) in [6.45, 7) is 13.0. The number of hydrogen-bond donors (Lipinski definition) is 1. The number of anilines is 1. The van der Waals surface area contributed by atoms with Crippen molar-refractivity contribution in [2.75, 3.05) is 31.1 Å². The molecule has 0 radical (unpaired) electrons. The summed E-state index contributed by atoms with van der Waals surface area (Å²) >= 11 is 0. The monoisotopic (exact) mass is 530 g/mol. The number of rotatable bonds is 7. The minimum Gasteiger partial charge on any atom is -0.369 e. The third kappa shape index (κ3) is 4.89. The topological polar surface area (TPSA) is 126 Å². The summed E-state index contributed by atoms with van der Waals surface area (Å²) in [4.78, 5) is 31.9. The molecule has 3 heterocycles. The zero-order valence-corrected chi connectivity index (χ0v) is 23.0. The molecule has 0 aliphatic carbocycles. The minimum atomic E-state index is -0.445. The Labute approximate surface area is 226 Å². The standard InChI is InChI=1S/C28H34N8O3/c1-6-28(4,5)35-26(30-31-32-35)25(23-17-20-8-7-18(2)19(3)24(20)29-27(23)37)34-15-13-33(14-16-34)21-9-11-22(12-10-21)36(38)39/h7-12,17,25H,6,13-16H2,1-5H3,(H,29,37)/t25-/m1/s1. The lowest BCUT2D eigenvalue weighted by atomic mass is 9.97. The van der Waals surface area contributed by atoms with Crippen molar-refractivity contribution >= 4 is 22.3 Å². The Morgan fingerprint density at radius 3 is 2.41 bits per heavy atom. The van der Waals surface area contributed by atoms with Gasteiger partial charge in [-0.2, -0.15) is 0 Å². The van der Waals surface area contributed by atoms with E-state index >= 15 is 0 Å². The number of aryl methyl sites for hydroxylation is 2. The van der Waals surface area contributed by atoms with E-state index in [1.54, 1.807) is 12.1 Å². The number of hydrogen-bond acceptors (Lipinski definition) is 8. The van der Waals surface area contributed by atoms with Gasteiger partial charge in [-0.1, -0.05) is 19.1 Å². The first-order chi connectivity index (χ1) is 18.6. The molecule has 39 heavy (non-hydrogen) atoms. The number of non-ortho nitro benzene ring substituents is 1. The number of nitro benzene ring substituents is 1. The first kappa shape index (κ1) is 26.5. The van der Waals surface area contributed by atoms with Crippen LogP contribution in [-0.2, 0) is 5.54 Å². The van der Waals surface area contributed by atoms with Crippen LogP contribution in [0.4, 0.5) is 11.4 Å². The third-order valence-corrected chi connectivity index (χ3v) is 8.16. The van der Waals surface area contributed by atoms with Gasteiger partial charge in [0.25, 0.3) is 11.2 Å². The lowest BCUT2D eigenvalue weighted by molar-refractivity contribution is -0.384. The molecule has 11 nitrogen and oxygen atoms in total. The molecule has 0 unspecified atom stereocenters. The second-order valence-electron chi connectivity index (χ2n) is 10.8. The second kappa shape index (κ2) is 10.2. The predicted octanol–water partition coefficient (Wildman–Crippen LogP) is 4.10. The Morgan fingerprint density at radius 1 is 1.08 bits per heavy atom. The van der Waals surface area contributed by atoms with Crippen molar-refractivity contribution in [3.05, 3.63) is 85.4 Å². The van der Waals surface area contributed by atoms with E-state index in [0.29, 0.717) is 37.6 Å². The van der Waals surface area contributed by atoms with E-state index in [-0.39, 0.29) is 16.8 Å². The van der Waals surface area contributed by atoms with Gasteiger partial charge in [0.1, 0.15) is 6.04 Å².